The summed E-state index contributed by atoms with van der Waals surface area (Å²) in [5.74, 6) is 0.410. The molecule has 1 saturated carbocycles. The average Bonchev–Trinajstić information content (AvgIpc) is 3.55. The van der Waals surface area contributed by atoms with Crippen LogP contribution in [0.3, 0.4) is 0 Å². The SMILES string of the molecule is O=C(CN1CCC(C(=O)c2ccccc2)CC1)NCC1(c2ccccc2)CC1. The summed E-state index contributed by atoms with van der Waals surface area (Å²) in [5.41, 5.74) is 2.27. The maximum absolute atomic E-state index is 12.6. The lowest BCUT2D eigenvalue weighted by Crippen LogP contribution is -2.44. The van der Waals surface area contributed by atoms with Crippen LogP contribution in [-0.2, 0) is 10.2 Å². The minimum Gasteiger partial charge on any atom is -0.354 e. The first-order valence-corrected chi connectivity index (χ1v) is 10.3. The van der Waals surface area contributed by atoms with Crippen LogP contribution in [0.25, 0.3) is 0 Å². The fraction of sp³-hybridized carbons (Fsp3) is 0.417. The second kappa shape index (κ2) is 8.27. The molecule has 0 spiro atoms. The number of Topliss-reactive ketones (excluding diaryl/α,β-unsaturated/α-hetero) is 1. The molecule has 2 aromatic rings. The number of rotatable bonds is 7. The van der Waals surface area contributed by atoms with Crippen molar-refractivity contribution in [3.05, 3.63) is 71.8 Å². The number of hydrogen-bond donors (Lipinski definition) is 1. The predicted molar refractivity (Wildman–Crippen MR) is 110 cm³/mol. The lowest BCUT2D eigenvalue weighted by molar-refractivity contribution is -0.122. The van der Waals surface area contributed by atoms with E-state index in [1.165, 1.54) is 5.56 Å². The zero-order valence-corrected chi connectivity index (χ0v) is 16.3. The fourth-order valence-electron chi connectivity index (χ4n) is 4.23. The number of nitrogens with zero attached hydrogens (tertiary/aromatic N) is 1. The van der Waals surface area contributed by atoms with Crippen molar-refractivity contribution in [3.63, 3.8) is 0 Å². The van der Waals surface area contributed by atoms with E-state index in [1.807, 2.05) is 36.4 Å². The van der Waals surface area contributed by atoms with Gasteiger partial charge < -0.3 is 5.32 Å². The molecule has 0 bridgehead atoms. The third kappa shape index (κ3) is 4.33. The Hall–Kier alpha value is -2.46. The number of benzene rings is 2. The normalized spacial score (nSPS) is 19.1. The topological polar surface area (TPSA) is 49.4 Å². The first-order valence-electron chi connectivity index (χ1n) is 10.3. The summed E-state index contributed by atoms with van der Waals surface area (Å²) in [4.78, 5) is 27.2. The smallest absolute Gasteiger partial charge is 0.234 e. The Balaban J connectivity index is 1.22. The van der Waals surface area contributed by atoms with E-state index in [2.05, 4.69) is 34.5 Å². The van der Waals surface area contributed by atoms with Gasteiger partial charge in [0.25, 0.3) is 0 Å². The molecule has 1 heterocycles. The molecule has 4 nitrogen and oxygen atoms in total. The summed E-state index contributed by atoms with van der Waals surface area (Å²) in [6.45, 7) is 2.76. The van der Waals surface area contributed by atoms with Crippen molar-refractivity contribution in [2.75, 3.05) is 26.2 Å². The van der Waals surface area contributed by atoms with Crippen molar-refractivity contribution < 1.29 is 9.59 Å². The second-order valence-corrected chi connectivity index (χ2v) is 8.20. The van der Waals surface area contributed by atoms with Crippen molar-refractivity contribution in [3.8, 4) is 0 Å². The molecule has 0 radical (unpaired) electrons. The molecule has 2 aromatic carbocycles. The summed E-state index contributed by atoms with van der Waals surface area (Å²) in [6.07, 6.45) is 3.94. The van der Waals surface area contributed by atoms with Crippen LogP contribution in [0.2, 0.25) is 0 Å². The van der Waals surface area contributed by atoms with Crippen LogP contribution in [0.4, 0.5) is 0 Å². The molecular formula is C24H28N2O2. The molecule has 4 rings (SSSR count). The lowest BCUT2D eigenvalue weighted by atomic mass is 9.89. The van der Waals surface area contributed by atoms with Gasteiger partial charge in [0.15, 0.2) is 5.78 Å². The van der Waals surface area contributed by atoms with E-state index in [0.717, 1.165) is 50.9 Å². The monoisotopic (exact) mass is 376 g/mol. The Labute approximate surface area is 166 Å². The van der Waals surface area contributed by atoms with Crippen LogP contribution >= 0.6 is 0 Å². The van der Waals surface area contributed by atoms with Gasteiger partial charge in [0.2, 0.25) is 5.91 Å². The zero-order valence-electron chi connectivity index (χ0n) is 16.3. The van der Waals surface area contributed by atoms with Gasteiger partial charge in [-0.25, -0.2) is 0 Å². The van der Waals surface area contributed by atoms with Crippen molar-refractivity contribution in [2.24, 2.45) is 5.92 Å². The zero-order chi connectivity index (χ0) is 19.4. The van der Waals surface area contributed by atoms with E-state index in [1.54, 1.807) is 0 Å². The van der Waals surface area contributed by atoms with Gasteiger partial charge in [0.1, 0.15) is 0 Å². The molecule has 1 N–H and O–H groups in total. The number of ketones is 1. The quantitative estimate of drug-likeness (QED) is 0.753. The molecule has 28 heavy (non-hydrogen) atoms. The van der Waals surface area contributed by atoms with Gasteiger partial charge in [-0.15, -0.1) is 0 Å². The molecule has 1 aliphatic carbocycles. The van der Waals surface area contributed by atoms with Gasteiger partial charge >= 0.3 is 0 Å². The summed E-state index contributed by atoms with van der Waals surface area (Å²) in [7, 11) is 0. The highest BCUT2D eigenvalue weighted by Crippen LogP contribution is 2.47. The van der Waals surface area contributed by atoms with Crippen LogP contribution < -0.4 is 5.32 Å². The van der Waals surface area contributed by atoms with Crippen LogP contribution in [0.5, 0.6) is 0 Å². The first-order chi connectivity index (χ1) is 13.7. The Morgan fingerprint density at radius 1 is 0.929 bits per heavy atom. The fourth-order valence-corrected chi connectivity index (χ4v) is 4.23. The Bertz CT molecular complexity index is 807. The van der Waals surface area contributed by atoms with Crippen LogP contribution in [0.1, 0.15) is 41.6 Å². The lowest BCUT2D eigenvalue weighted by Gasteiger charge is -2.31. The number of carbonyl (C=O) groups is 2. The van der Waals surface area contributed by atoms with E-state index in [4.69, 9.17) is 0 Å². The predicted octanol–water partition coefficient (Wildman–Crippen LogP) is 3.43. The molecule has 0 aromatic heterocycles. The molecule has 1 saturated heterocycles. The summed E-state index contributed by atoms with van der Waals surface area (Å²) in [6, 6.07) is 20.0. The van der Waals surface area contributed by atoms with Gasteiger partial charge in [-0.2, -0.15) is 0 Å². The molecule has 0 atom stereocenters. The van der Waals surface area contributed by atoms with Gasteiger partial charge in [-0.3, -0.25) is 14.5 Å². The molecule has 146 valence electrons. The number of amides is 1. The maximum Gasteiger partial charge on any atom is 0.234 e. The molecule has 1 aliphatic heterocycles. The van der Waals surface area contributed by atoms with Crippen LogP contribution in [0.15, 0.2) is 60.7 Å². The standard InChI is InChI=1S/C24H28N2O2/c27-22(25-18-24(13-14-24)21-9-5-2-6-10-21)17-26-15-11-20(12-16-26)23(28)19-7-3-1-4-8-19/h1-10,20H,11-18H2,(H,25,27). The third-order valence-electron chi connectivity index (χ3n) is 6.25. The third-order valence-corrected chi connectivity index (χ3v) is 6.25. The minimum atomic E-state index is 0.0783. The largest absolute Gasteiger partial charge is 0.354 e. The summed E-state index contributed by atoms with van der Waals surface area (Å²) >= 11 is 0. The average molecular weight is 377 g/mol. The molecule has 0 unspecified atom stereocenters. The van der Waals surface area contributed by atoms with Crippen LogP contribution in [0, 0.1) is 5.92 Å². The van der Waals surface area contributed by atoms with E-state index in [9.17, 15) is 9.59 Å². The number of nitrogens with one attached hydrogen (secondary N) is 1. The molecule has 2 aliphatic rings. The molecule has 2 fully saturated rings. The molecular weight excluding hydrogens is 348 g/mol. The highest BCUT2D eigenvalue weighted by atomic mass is 16.2. The van der Waals surface area contributed by atoms with Crippen molar-refractivity contribution >= 4 is 11.7 Å². The maximum atomic E-state index is 12.6. The number of piperidine rings is 1. The van der Waals surface area contributed by atoms with Crippen molar-refractivity contribution in [1.82, 2.24) is 10.2 Å². The number of likely N-dealkylation sites (tertiary alicyclic amines) is 1. The number of hydrogen-bond acceptors (Lipinski definition) is 3. The van der Waals surface area contributed by atoms with Crippen LogP contribution in [-0.4, -0.2) is 42.8 Å². The van der Waals surface area contributed by atoms with E-state index in [0.29, 0.717) is 6.54 Å². The summed E-state index contributed by atoms with van der Waals surface area (Å²) in [5, 5.41) is 3.14. The highest BCUT2D eigenvalue weighted by Gasteiger charge is 2.44. The Kier molecular flexibility index (Phi) is 5.58. The van der Waals surface area contributed by atoms with Gasteiger partial charge in [-0.1, -0.05) is 60.7 Å². The van der Waals surface area contributed by atoms with E-state index >= 15 is 0 Å². The van der Waals surface area contributed by atoms with E-state index < -0.39 is 0 Å². The molecule has 1 amide bonds. The second-order valence-electron chi connectivity index (χ2n) is 8.20. The van der Waals surface area contributed by atoms with Gasteiger partial charge in [0.05, 0.1) is 6.54 Å². The Morgan fingerprint density at radius 3 is 2.14 bits per heavy atom. The molecule has 4 heteroatoms. The van der Waals surface area contributed by atoms with Gasteiger partial charge in [0, 0.05) is 23.4 Å². The minimum absolute atomic E-state index is 0.0783. The van der Waals surface area contributed by atoms with E-state index in [-0.39, 0.29) is 23.0 Å². The first kappa shape index (κ1) is 18.9. The van der Waals surface area contributed by atoms with Gasteiger partial charge in [-0.05, 0) is 44.3 Å². The Morgan fingerprint density at radius 2 is 1.54 bits per heavy atom. The number of carbonyl (C=O) groups excluding carboxylic acids is 2. The highest BCUT2D eigenvalue weighted by molar-refractivity contribution is 5.97. The summed E-state index contributed by atoms with van der Waals surface area (Å²) < 4.78 is 0. The van der Waals surface area contributed by atoms with Crippen molar-refractivity contribution in [1.29, 1.82) is 0 Å². The van der Waals surface area contributed by atoms with Crippen molar-refractivity contribution in [2.45, 2.75) is 31.1 Å².